The fourth-order valence-corrected chi connectivity index (χ4v) is 10.8. The van der Waals surface area contributed by atoms with E-state index in [-0.39, 0.29) is 0 Å². The smallest absolute Gasteiger partial charge is 0.140 e. The molecule has 7 aromatic rings. The second-order valence-corrected chi connectivity index (χ2v) is 15.6. The fraction of sp³-hybridized carbons (Fsp3) is 0. The molecule has 4 nitrogen and oxygen atoms in total. The molecular formula is C40H25N2O2PS. The summed E-state index contributed by atoms with van der Waals surface area (Å²) in [5, 5.41) is 3.09. The lowest BCUT2D eigenvalue weighted by molar-refractivity contribution is 0.466. The van der Waals surface area contributed by atoms with E-state index in [2.05, 4.69) is 94.9 Å². The number of benzene rings is 5. The summed E-state index contributed by atoms with van der Waals surface area (Å²) in [7, 11) is 0. The highest BCUT2D eigenvalue weighted by atomic mass is 32.4. The van der Waals surface area contributed by atoms with Crippen LogP contribution in [0.5, 0.6) is 23.0 Å². The number of rotatable bonds is 4. The van der Waals surface area contributed by atoms with E-state index in [1.807, 2.05) is 67.0 Å². The Hall–Kier alpha value is -5.35. The molecule has 0 N–H and O–H groups in total. The minimum absolute atomic E-state index is 0.774. The Morgan fingerprint density at radius 2 is 0.848 bits per heavy atom. The molecule has 0 radical (unpaired) electrons. The molecule has 0 amide bonds. The average Bonchev–Trinajstić information content (AvgIpc) is 3.12. The van der Waals surface area contributed by atoms with Crippen molar-refractivity contribution >= 4 is 33.8 Å². The molecule has 4 heterocycles. The topological polar surface area (TPSA) is 44.2 Å². The van der Waals surface area contributed by atoms with Gasteiger partial charge in [-0.1, -0.05) is 90.7 Å². The summed E-state index contributed by atoms with van der Waals surface area (Å²) in [6.45, 7) is 0. The van der Waals surface area contributed by atoms with Gasteiger partial charge < -0.3 is 9.47 Å². The van der Waals surface area contributed by atoms with Crippen LogP contribution in [0.3, 0.4) is 0 Å². The Kier molecular flexibility index (Phi) is 6.24. The number of ether oxygens (including phenoxy) is 2. The Bertz CT molecular complexity index is 2170. The predicted molar refractivity (Wildman–Crippen MR) is 190 cm³/mol. The van der Waals surface area contributed by atoms with E-state index in [1.165, 1.54) is 0 Å². The van der Waals surface area contributed by atoms with Crippen LogP contribution in [0.25, 0.3) is 44.8 Å². The van der Waals surface area contributed by atoms with Crippen molar-refractivity contribution < 1.29 is 9.47 Å². The van der Waals surface area contributed by atoms with Crippen molar-refractivity contribution in [2.75, 3.05) is 0 Å². The summed E-state index contributed by atoms with van der Waals surface area (Å²) in [6.07, 6.45) is 3.63. The average molecular weight is 629 g/mol. The summed E-state index contributed by atoms with van der Waals surface area (Å²) in [6, 6.07) is 45.3. The predicted octanol–water partition coefficient (Wildman–Crippen LogP) is 9.11. The summed E-state index contributed by atoms with van der Waals surface area (Å²) in [4.78, 5) is 8.97. The van der Waals surface area contributed by atoms with E-state index < -0.39 is 6.04 Å². The van der Waals surface area contributed by atoms with Crippen LogP contribution in [0.4, 0.5) is 0 Å². The molecule has 6 heteroatoms. The van der Waals surface area contributed by atoms with Gasteiger partial charge in [-0.15, -0.1) is 0 Å². The van der Waals surface area contributed by atoms with Crippen molar-refractivity contribution in [3.63, 3.8) is 0 Å². The number of pyridine rings is 2. The highest BCUT2D eigenvalue weighted by molar-refractivity contribution is 8.26. The second kappa shape index (κ2) is 10.6. The van der Waals surface area contributed by atoms with Crippen LogP contribution in [0.2, 0.25) is 0 Å². The van der Waals surface area contributed by atoms with E-state index in [9.17, 15) is 0 Å². The quantitative estimate of drug-likeness (QED) is 0.182. The van der Waals surface area contributed by atoms with Crippen molar-refractivity contribution in [2.24, 2.45) is 0 Å². The van der Waals surface area contributed by atoms with Gasteiger partial charge in [0.2, 0.25) is 0 Å². The van der Waals surface area contributed by atoms with Gasteiger partial charge in [0.25, 0.3) is 0 Å². The SMILES string of the molecule is S=P12c3ccc(-c4ccc(-c5ccccn5)cc4)cc3Oc3cccc(c31)Oc1cc(-c3ccc(-c4ccccn4)cc3)ccc12. The van der Waals surface area contributed by atoms with Gasteiger partial charge in [-0.05, 0) is 82.9 Å². The van der Waals surface area contributed by atoms with Gasteiger partial charge in [-0.3, -0.25) is 9.97 Å². The van der Waals surface area contributed by atoms with Crippen molar-refractivity contribution in [3.05, 3.63) is 152 Å². The fourth-order valence-electron chi connectivity index (χ4n) is 6.39. The molecule has 9 rings (SSSR count). The second-order valence-electron chi connectivity index (χ2n) is 11.4. The molecule has 0 unspecified atom stereocenters. The molecule has 2 aromatic heterocycles. The van der Waals surface area contributed by atoms with Crippen LogP contribution >= 0.6 is 6.04 Å². The Balaban J connectivity index is 1.10. The van der Waals surface area contributed by atoms with Gasteiger partial charge in [0, 0.05) is 34.1 Å². The van der Waals surface area contributed by atoms with Gasteiger partial charge in [0.1, 0.15) is 23.0 Å². The van der Waals surface area contributed by atoms with Crippen molar-refractivity contribution in [1.82, 2.24) is 9.97 Å². The molecule has 0 bridgehead atoms. The minimum atomic E-state index is -2.47. The summed E-state index contributed by atoms with van der Waals surface area (Å²) >= 11 is 6.76. The first-order valence-corrected chi connectivity index (χ1v) is 17.9. The lowest BCUT2D eigenvalue weighted by Crippen LogP contribution is -2.34. The van der Waals surface area contributed by atoms with Crippen LogP contribution in [0, 0.1) is 0 Å². The molecule has 0 saturated carbocycles. The van der Waals surface area contributed by atoms with E-state index >= 15 is 0 Å². The third kappa shape index (κ3) is 4.32. The Morgan fingerprint density at radius 3 is 1.28 bits per heavy atom. The number of fused-ring (bicyclic) bond motifs is 4. The molecule has 0 atom stereocenters. The van der Waals surface area contributed by atoms with Crippen LogP contribution in [-0.4, -0.2) is 9.97 Å². The first kappa shape index (κ1) is 27.0. The van der Waals surface area contributed by atoms with Crippen molar-refractivity contribution in [2.45, 2.75) is 0 Å². The van der Waals surface area contributed by atoms with Gasteiger partial charge in [-0.2, -0.15) is 0 Å². The molecule has 2 aliphatic rings. The zero-order valence-corrected chi connectivity index (χ0v) is 26.2. The van der Waals surface area contributed by atoms with Crippen LogP contribution in [-0.2, 0) is 11.8 Å². The number of aromatic nitrogens is 2. The van der Waals surface area contributed by atoms with Crippen molar-refractivity contribution in [1.29, 1.82) is 0 Å². The van der Waals surface area contributed by atoms with E-state index in [1.54, 1.807) is 0 Å². The minimum Gasteiger partial charge on any atom is -0.456 e. The van der Waals surface area contributed by atoms with Gasteiger partial charge in [0.05, 0.1) is 22.7 Å². The third-order valence-electron chi connectivity index (χ3n) is 8.67. The zero-order valence-electron chi connectivity index (χ0n) is 24.5. The molecule has 2 aliphatic heterocycles. The lowest BCUT2D eigenvalue weighted by Gasteiger charge is -2.37. The normalized spacial score (nSPS) is 13.4. The number of hydrogen-bond acceptors (Lipinski definition) is 5. The van der Waals surface area contributed by atoms with Crippen molar-refractivity contribution in [3.8, 4) is 67.8 Å². The summed E-state index contributed by atoms with van der Waals surface area (Å²) in [5.74, 6) is 3.16. The first-order chi connectivity index (χ1) is 22.6. The largest absolute Gasteiger partial charge is 0.456 e. The van der Waals surface area contributed by atoms with Crippen LogP contribution in [0.1, 0.15) is 0 Å². The number of hydrogen-bond donors (Lipinski definition) is 0. The summed E-state index contributed by atoms with van der Waals surface area (Å²) in [5.41, 5.74) is 8.43. The third-order valence-corrected chi connectivity index (χ3v) is 13.6. The Labute approximate surface area is 272 Å². The molecule has 5 aromatic carbocycles. The molecular weight excluding hydrogens is 603 g/mol. The van der Waals surface area contributed by atoms with Gasteiger partial charge in [-0.25, -0.2) is 0 Å². The molecule has 0 saturated heterocycles. The highest BCUT2D eigenvalue weighted by Crippen LogP contribution is 2.59. The highest BCUT2D eigenvalue weighted by Gasteiger charge is 2.42. The monoisotopic (exact) mass is 628 g/mol. The number of nitrogens with zero attached hydrogens (tertiary/aromatic N) is 2. The van der Waals surface area contributed by atoms with Gasteiger partial charge in [0.15, 0.2) is 0 Å². The van der Waals surface area contributed by atoms with E-state index in [0.29, 0.717) is 0 Å². The van der Waals surface area contributed by atoms with Crippen LogP contribution in [0.15, 0.2) is 152 Å². The molecule has 46 heavy (non-hydrogen) atoms. The molecule has 0 fully saturated rings. The van der Waals surface area contributed by atoms with E-state index in [4.69, 9.17) is 21.3 Å². The van der Waals surface area contributed by atoms with Gasteiger partial charge >= 0.3 is 0 Å². The Morgan fingerprint density at radius 1 is 0.413 bits per heavy atom. The lowest BCUT2D eigenvalue weighted by atomic mass is 10.0. The van der Waals surface area contributed by atoms with Crippen LogP contribution < -0.4 is 25.4 Å². The molecule has 218 valence electrons. The standard InChI is InChI=1S/C40H25N2O2PS/c46-45-38-20-18-30(26-10-14-28(15-11-26)32-6-1-3-22-41-32)24-36(38)43-34-8-5-9-35(40(34)45)44-37-25-31(19-21-39(37)45)27-12-16-29(17-13-27)33-7-2-4-23-42-33/h1-25H. The summed E-state index contributed by atoms with van der Waals surface area (Å²) < 4.78 is 13.1. The van der Waals surface area contributed by atoms with E-state index in [0.717, 1.165) is 83.7 Å². The maximum atomic E-state index is 6.76. The molecule has 0 aliphatic carbocycles. The first-order valence-electron chi connectivity index (χ1n) is 15.1. The molecule has 0 spiro atoms. The maximum absolute atomic E-state index is 6.76. The zero-order chi connectivity index (χ0) is 30.7. The maximum Gasteiger partial charge on any atom is 0.140 e.